The quantitative estimate of drug-likeness (QED) is 0.545. The lowest BCUT2D eigenvalue weighted by atomic mass is 9.88. The summed E-state index contributed by atoms with van der Waals surface area (Å²) in [6.07, 6.45) is 2.15. The highest BCUT2D eigenvalue weighted by molar-refractivity contribution is 8.05. The summed E-state index contributed by atoms with van der Waals surface area (Å²) < 4.78 is 12.5. The summed E-state index contributed by atoms with van der Waals surface area (Å²) in [6, 6.07) is 20.6. The van der Waals surface area contributed by atoms with Gasteiger partial charge in [-0.15, -0.1) is 0 Å². The molecule has 1 saturated heterocycles. The van der Waals surface area contributed by atoms with Crippen LogP contribution in [0, 0.1) is 0 Å². The Bertz CT molecular complexity index is 695. The lowest BCUT2D eigenvalue weighted by molar-refractivity contribution is 0.00578. The molecule has 3 rings (SSSR count). The highest BCUT2D eigenvalue weighted by Gasteiger charge is 2.52. The topological polar surface area (TPSA) is 18.5 Å². The molecule has 4 heteroatoms. The third-order valence-corrected chi connectivity index (χ3v) is 5.63. The van der Waals surface area contributed by atoms with E-state index in [1.807, 2.05) is 36.4 Å². The zero-order valence-electron chi connectivity index (χ0n) is 14.7. The molecule has 1 aliphatic rings. The maximum Gasteiger partial charge on any atom is 0.501 e. The van der Waals surface area contributed by atoms with Gasteiger partial charge >= 0.3 is 7.12 Å². The van der Waals surface area contributed by atoms with Crippen molar-refractivity contribution in [2.75, 3.05) is 0 Å². The third kappa shape index (κ3) is 3.77. The van der Waals surface area contributed by atoms with Gasteiger partial charge in [0.15, 0.2) is 0 Å². The Morgan fingerprint density at radius 3 is 1.88 bits per heavy atom. The molecule has 2 aromatic carbocycles. The molecule has 0 saturated carbocycles. The van der Waals surface area contributed by atoms with E-state index in [1.54, 1.807) is 11.8 Å². The minimum absolute atomic E-state index is 0.343. The molecule has 2 aromatic rings. The Morgan fingerprint density at radius 1 is 0.833 bits per heavy atom. The van der Waals surface area contributed by atoms with Gasteiger partial charge < -0.3 is 9.31 Å². The molecule has 24 heavy (non-hydrogen) atoms. The molecule has 0 spiro atoms. The van der Waals surface area contributed by atoms with Gasteiger partial charge in [0.1, 0.15) is 0 Å². The molecule has 0 radical (unpaired) electrons. The Kier molecular flexibility index (Phi) is 4.91. The predicted molar refractivity (Wildman–Crippen MR) is 103 cm³/mol. The van der Waals surface area contributed by atoms with Crippen LogP contribution in [0.25, 0.3) is 6.08 Å². The summed E-state index contributed by atoms with van der Waals surface area (Å²) >= 11 is 1.69. The van der Waals surface area contributed by atoms with Crippen molar-refractivity contribution in [3.05, 3.63) is 71.0 Å². The molecule has 0 N–H and O–H groups in total. The fraction of sp³-hybridized carbons (Fsp3) is 0.300. The molecule has 124 valence electrons. The van der Waals surface area contributed by atoms with Crippen molar-refractivity contribution in [2.45, 2.75) is 43.8 Å². The maximum absolute atomic E-state index is 6.26. The molecule has 0 unspecified atom stereocenters. The van der Waals surface area contributed by atoms with Crippen LogP contribution in [-0.4, -0.2) is 18.3 Å². The minimum Gasteiger partial charge on any atom is -0.399 e. The van der Waals surface area contributed by atoms with Crippen LogP contribution in [0.3, 0.4) is 0 Å². The van der Waals surface area contributed by atoms with E-state index in [2.05, 4.69) is 58.0 Å². The first-order chi connectivity index (χ1) is 11.4. The molecular weight excluding hydrogens is 315 g/mol. The SMILES string of the molecule is CC1(C)OB(/C(=C/c2ccccc2)Sc2ccccc2)OC1(C)C. The number of rotatable bonds is 4. The van der Waals surface area contributed by atoms with Crippen molar-refractivity contribution in [2.24, 2.45) is 0 Å². The number of hydrogen-bond donors (Lipinski definition) is 0. The third-order valence-electron chi connectivity index (χ3n) is 4.57. The van der Waals surface area contributed by atoms with E-state index in [0.29, 0.717) is 0 Å². The van der Waals surface area contributed by atoms with E-state index in [0.717, 1.165) is 10.4 Å². The fourth-order valence-corrected chi connectivity index (χ4v) is 3.40. The second kappa shape index (κ2) is 6.79. The van der Waals surface area contributed by atoms with E-state index in [-0.39, 0.29) is 18.3 Å². The van der Waals surface area contributed by atoms with Gasteiger partial charge in [-0.2, -0.15) is 0 Å². The molecular formula is C20H23BO2S. The van der Waals surface area contributed by atoms with Crippen molar-refractivity contribution in [1.29, 1.82) is 0 Å². The summed E-state index contributed by atoms with van der Waals surface area (Å²) in [5, 5.41) is 0. The van der Waals surface area contributed by atoms with Gasteiger partial charge in [-0.05, 0) is 51.5 Å². The van der Waals surface area contributed by atoms with Crippen LogP contribution in [0.2, 0.25) is 0 Å². The van der Waals surface area contributed by atoms with Crippen molar-refractivity contribution >= 4 is 25.0 Å². The molecule has 0 atom stereocenters. The van der Waals surface area contributed by atoms with Crippen molar-refractivity contribution < 1.29 is 9.31 Å². The van der Waals surface area contributed by atoms with Gasteiger partial charge in [0.2, 0.25) is 0 Å². The van der Waals surface area contributed by atoms with E-state index in [4.69, 9.17) is 9.31 Å². The monoisotopic (exact) mass is 338 g/mol. The zero-order valence-corrected chi connectivity index (χ0v) is 15.5. The average Bonchev–Trinajstić information content (AvgIpc) is 2.77. The van der Waals surface area contributed by atoms with Crippen LogP contribution in [0.5, 0.6) is 0 Å². The maximum atomic E-state index is 6.26. The van der Waals surface area contributed by atoms with Crippen LogP contribution in [0.15, 0.2) is 70.4 Å². The molecule has 1 fully saturated rings. The Labute approximate surface area is 149 Å². The molecule has 0 bridgehead atoms. The lowest BCUT2D eigenvalue weighted by Crippen LogP contribution is -2.41. The molecule has 1 aliphatic heterocycles. The molecule has 2 nitrogen and oxygen atoms in total. The summed E-state index contributed by atoms with van der Waals surface area (Å²) in [4.78, 5) is 2.24. The van der Waals surface area contributed by atoms with Crippen LogP contribution in [0.1, 0.15) is 33.3 Å². The molecule has 0 aromatic heterocycles. The minimum atomic E-state index is -0.361. The van der Waals surface area contributed by atoms with Gasteiger partial charge in [0.25, 0.3) is 0 Å². The van der Waals surface area contributed by atoms with Gasteiger partial charge in [-0.3, -0.25) is 0 Å². The van der Waals surface area contributed by atoms with Gasteiger partial charge in [-0.1, -0.05) is 60.3 Å². The summed E-state index contributed by atoms with van der Waals surface area (Å²) in [5.41, 5.74) is 0.459. The highest BCUT2D eigenvalue weighted by Crippen LogP contribution is 2.42. The predicted octanol–water partition coefficient (Wildman–Crippen LogP) is 5.45. The first-order valence-corrected chi connectivity index (χ1v) is 9.04. The second-order valence-electron chi connectivity index (χ2n) is 6.96. The van der Waals surface area contributed by atoms with Gasteiger partial charge in [-0.25, -0.2) is 0 Å². The summed E-state index contributed by atoms with van der Waals surface area (Å²) in [5.74, 6) is 0. The first-order valence-electron chi connectivity index (χ1n) is 8.23. The van der Waals surface area contributed by atoms with Crippen LogP contribution < -0.4 is 0 Å². The zero-order chi connectivity index (χ0) is 17.2. The van der Waals surface area contributed by atoms with Crippen LogP contribution in [-0.2, 0) is 9.31 Å². The van der Waals surface area contributed by atoms with Crippen molar-refractivity contribution in [3.8, 4) is 0 Å². The largest absolute Gasteiger partial charge is 0.501 e. The smallest absolute Gasteiger partial charge is 0.399 e. The Morgan fingerprint density at radius 2 is 1.33 bits per heavy atom. The van der Waals surface area contributed by atoms with Crippen molar-refractivity contribution in [1.82, 2.24) is 0 Å². The first kappa shape index (κ1) is 17.3. The summed E-state index contributed by atoms with van der Waals surface area (Å²) in [7, 11) is -0.361. The average molecular weight is 338 g/mol. The van der Waals surface area contributed by atoms with Crippen LogP contribution in [0.4, 0.5) is 0 Å². The Balaban J connectivity index is 1.93. The number of benzene rings is 2. The van der Waals surface area contributed by atoms with E-state index in [9.17, 15) is 0 Å². The number of hydrogen-bond acceptors (Lipinski definition) is 3. The molecule has 0 aliphatic carbocycles. The van der Waals surface area contributed by atoms with Crippen LogP contribution >= 0.6 is 11.8 Å². The van der Waals surface area contributed by atoms with E-state index >= 15 is 0 Å². The Hall–Kier alpha value is -1.49. The number of thioether (sulfide) groups is 1. The van der Waals surface area contributed by atoms with Crippen molar-refractivity contribution in [3.63, 3.8) is 0 Å². The second-order valence-corrected chi connectivity index (χ2v) is 8.11. The van der Waals surface area contributed by atoms with Gasteiger partial charge in [0, 0.05) is 9.70 Å². The summed E-state index contributed by atoms with van der Waals surface area (Å²) in [6.45, 7) is 8.33. The van der Waals surface area contributed by atoms with Gasteiger partial charge in [0.05, 0.1) is 11.2 Å². The standard InChI is InChI=1S/C20H23BO2S/c1-19(2)20(3,4)23-21(22-19)18(15-16-11-7-5-8-12-16)24-17-13-9-6-10-14-17/h5-15H,1-4H3/b18-15-. The highest BCUT2D eigenvalue weighted by atomic mass is 32.2. The van der Waals surface area contributed by atoms with E-state index in [1.165, 1.54) is 4.90 Å². The fourth-order valence-electron chi connectivity index (χ4n) is 2.44. The normalized spacial score (nSPS) is 19.5. The lowest BCUT2D eigenvalue weighted by Gasteiger charge is -2.32. The molecule has 0 amide bonds. The van der Waals surface area contributed by atoms with E-state index < -0.39 is 0 Å². The molecule has 1 heterocycles.